The third-order valence-corrected chi connectivity index (χ3v) is 6.06. The van der Waals surface area contributed by atoms with E-state index in [1.54, 1.807) is 11.3 Å². The van der Waals surface area contributed by atoms with Gasteiger partial charge in [-0.15, -0.1) is 11.3 Å². The van der Waals surface area contributed by atoms with Gasteiger partial charge in [-0.1, -0.05) is 54.2 Å². The summed E-state index contributed by atoms with van der Waals surface area (Å²) < 4.78 is 0.936. The van der Waals surface area contributed by atoms with Crippen LogP contribution in [-0.2, 0) is 0 Å². The monoisotopic (exact) mass is 322 g/mol. The summed E-state index contributed by atoms with van der Waals surface area (Å²) in [7, 11) is 0. The van der Waals surface area contributed by atoms with Crippen molar-refractivity contribution in [3.63, 3.8) is 0 Å². The Balaban J connectivity index is 2.76. The van der Waals surface area contributed by atoms with Crippen LogP contribution in [0.3, 0.4) is 0 Å². The van der Waals surface area contributed by atoms with E-state index in [1.807, 2.05) is 0 Å². The van der Waals surface area contributed by atoms with E-state index >= 15 is 0 Å². The number of rotatable bonds is 6. The van der Waals surface area contributed by atoms with E-state index in [-0.39, 0.29) is 0 Å². The zero-order valence-corrected chi connectivity index (χ0v) is 13.4. The molecule has 0 saturated carbocycles. The maximum absolute atomic E-state index is 6.13. The Morgan fingerprint density at radius 1 is 1.31 bits per heavy atom. The van der Waals surface area contributed by atoms with Gasteiger partial charge in [-0.05, 0) is 37.3 Å². The predicted molar refractivity (Wildman–Crippen MR) is 79.0 cm³/mol. The second-order valence-electron chi connectivity index (χ2n) is 4.34. The van der Waals surface area contributed by atoms with Crippen LogP contribution < -0.4 is 0 Å². The van der Waals surface area contributed by atoms with Gasteiger partial charge in [0.1, 0.15) is 0 Å². The smallest absolute Gasteiger partial charge is 0.0960 e. The van der Waals surface area contributed by atoms with Crippen LogP contribution in [0, 0.1) is 12.8 Å². The van der Waals surface area contributed by atoms with Crippen LogP contribution >= 0.6 is 38.9 Å². The van der Waals surface area contributed by atoms with E-state index < -0.39 is 0 Å². The van der Waals surface area contributed by atoms with Gasteiger partial charge in [0, 0.05) is 4.88 Å². The Hall–Kier alpha value is 0.470. The minimum Gasteiger partial charge on any atom is -0.127 e. The SMILES string of the molecule is CCCC(CCC)C(Br)c1cc(C)c(Cl)s1. The van der Waals surface area contributed by atoms with Crippen LogP contribution in [0.25, 0.3) is 0 Å². The number of hydrogen-bond acceptors (Lipinski definition) is 1. The summed E-state index contributed by atoms with van der Waals surface area (Å²) in [6, 6.07) is 2.23. The summed E-state index contributed by atoms with van der Waals surface area (Å²) in [6.45, 7) is 6.60. The average Bonchev–Trinajstić information content (AvgIpc) is 2.58. The highest BCUT2D eigenvalue weighted by molar-refractivity contribution is 9.09. The molecule has 1 aromatic heterocycles. The van der Waals surface area contributed by atoms with Gasteiger partial charge in [0.05, 0.1) is 9.16 Å². The van der Waals surface area contributed by atoms with Crippen molar-refractivity contribution in [1.82, 2.24) is 0 Å². The Kier molecular flexibility index (Phi) is 6.38. The molecule has 0 aliphatic rings. The van der Waals surface area contributed by atoms with Crippen LogP contribution in [0.2, 0.25) is 4.34 Å². The van der Waals surface area contributed by atoms with Gasteiger partial charge in [-0.2, -0.15) is 0 Å². The molecule has 0 nitrogen and oxygen atoms in total. The fraction of sp³-hybridized carbons (Fsp3) is 0.692. The molecule has 1 unspecified atom stereocenters. The molecule has 0 aliphatic carbocycles. The maximum atomic E-state index is 6.13. The lowest BCUT2D eigenvalue weighted by Gasteiger charge is -2.20. The molecule has 92 valence electrons. The van der Waals surface area contributed by atoms with Crippen molar-refractivity contribution in [2.45, 2.75) is 51.3 Å². The Labute approximate surface area is 117 Å². The topological polar surface area (TPSA) is 0 Å². The van der Waals surface area contributed by atoms with E-state index in [1.165, 1.54) is 36.1 Å². The van der Waals surface area contributed by atoms with Gasteiger partial charge >= 0.3 is 0 Å². The average molecular weight is 324 g/mol. The normalized spacial score (nSPS) is 13.4. The van der Waals surface area contributed by atoms with Gasteiger partial charge in [-0.25, -0.2) is 0 Å². The molecule has 0 aromatic carbocycles. The largest absolute Gasteiger partial charge is 0.127 e. The van der Waals surface area contributed by atoms with Crippen molar-refractivity contribution < 1.29 is 0 Å². The zero-order valence-electron chi connectivity index (χ0n) is 10.2. The van der Waals surface area contributed by atoms with Crippen molar-refractivity contribution >= 4 is 38.9 Å². The molecule has 0 saturated heterocycles. The van der Waals surface area contributed by atoms with Crippen molar-refractivity contribution in [1.29, 1.82) is 0 Å². The Morgan fingerprint density at radius 2 is 1.88 bits per heavy atom. The molecular formula is C13H20BrClS. The molecule has 0 bridgehead atoms. The van der Waals surface area contributed by atoms with Crippen LogP contribution in [0.15, 0.2) is 6.07 Å². The second kappa shape index (κ2) is 7.03. The molecule has 3 heteroatoms. The van der Waals surface area contributed by atoms with Gasteiger partial charge in [0.25, 0.3) is 0 Å². The first-order valence-corrected chi connectivity index (χ1v) is 8.11. The van der Waals surface area contributed by atoms with Crippen LogP contribution in [0.5, 0.6) is 0 Å². The first kappa shape index (κ1) is 14.5. The maximum Gasteiger partial charge on any atom is 0.0960 e. The molecular weight excluding hydrogens is 304 g/mol. The molecule has 1 rings (SSSR count). The van der Waals surface area contributed by atoms with E-state index in [9.17, 15) is 0 Å². The molecule has 0 amide bonds. The molecule has 1 atom stereocenters. The lowest BCUT2D eigenvalue weighted by Crippen LogP contribution is -2.06. The molecule has 0 spiro atoms. The Bertz CT molecular complexity index is 296. The molecule has 0 fully saturated rings. The first-order chi connectivity index (χ1) is 7.60. The van der Waals surface area contributed by atoms with E-state index in [4.69, 9.17) is 11.6 Å². The predicted octanol–water partition coefficient (Wildman–Crippen LogP) is 6.36. The minimum atomic E-state index is 0.476. The summed E-state index contributed by atoms with van der Waals surface area (Å²) in [5, 5.41) is 0. The molecule has 1 aromatic rings. The number of alkyl halides is 1. The second-order valence-corrected chi connectivity index (χ2v) is 7.02. The minimum absolute atomic E-state index is 0.476. The van der Waals surface area contributed by atoms with E-state index in [2.05, 4.69) is 42.8 Å². The van der Waals surface area contributed by atoms with Crippen molar-refractivity contribution in [3.8, 4) is 0 Å². The molecule has 16 heavy (non-hydrogen) atoms. The summed E-state index contributed by atoms with van der Waals surface area (Å²) in [6.07, 6.45) is 5.09. The summed E-state index contributed by atoms with van der Waals surface area (Å²) in [5.41, 5.74) is 1.21. The quantitative estimate of drug-likeness (QED) is 0.534. The highest BCUT2D eigenvalue weighted by Gasteiger charge is 2.21. The first-order valence-electron chi connectivity index (χ1n) is 6.00. The number of thiophene rings is 1. The van der Waals surface area contributed by atoms with Crippen molar-refractivity contribution in [2.75, 3.05) is 0 Å². The van der Waals surface area contributed by atoms with Gasteiger partial charge < -0.3 is 0 Å². The van der Waals surface area contributed by atoms with Crippen LogP contribution in [-0.4, -0.2) is 0 Å². The lowest BCUT2D eigenvalue weighted by atomic mass is 9.94. The summed E-state index contributed by atoms with van der Waals surface area (Å²) in [4.78, 5) is 1.86. The lowest BCUT2D eigenvalue weighted by molar-refractivity contribution is 0.438. The molecule has 0 radical (unpaired) electrons. The summed E-state index contributed by atoms with van der Waals surface area (Å²) in [5.74, 6) is 0.740. The number of hydrogen-bond donors (Lipinski definition) is 0. The highest BCUT2D eigenvalue weighted by Crippen LogP contribution is 2.42. The van der Waals surface area contributed by atoms with Crippen molar-refractivity contribution in [2.24, 2.45) is 5.92 Å². The number of aryl methyl sites for hydroxylation is 1. The molecule has 0 N–H and O–H groups in total. The zero-order chi connectivity index (χ0) is 12.1. The third kappa shape index (κ3) is 3.75. The Morgan fingerprint density at radius 3 is 2.25 bits per heavy atom. The number of halogens is 2. The fourth-order valence-electron chi connectivity index (χ4n) is 2.03. The molecule has 1 heterocycles. The highest BCUT2D eigenvalue weighted by atomic mass is 79.9. The van der Waals surface area contributed by atoms with Gasteiger partial charge in [0.2, 0.25) is 0 Å². The standard InChI is InChI=1S/C13H20BrClS/c1-4-6-10(7-5-2)12(14)11-8-9(3)13(15)16-11/h8,10,12H,4-7H2,1-3H3. The summed E-state index contributed by atoms with van der Waals surface area (Å²) >= 11 is 11.7. The van der Waals surface area contributed by atoms with E-state index in [0.717, 1.165) is 10.3 Å². The van der Waals surface area contributed by atoms with Crippen LogP contribution in [0.1, 0.15) is 54.8 Å². The van der Waals surface area contributed by atoms with Crippen molar-refractivity contribution in [3.05, 3.63) is 20.8 Å². The third-order valence-electron chi connectivity index (χ3n) is 2.88. The van der Waals surface area contributed by atoms with Gasteiger partial charge in [0.15, 0.2) is 0 Å². The van der Waals surface area contributed by atoms with Gasteiger partial charge in [-0.3, -0.25) is 0 Å². The fourth-order valence-corrected chi connectivity index (χ4v) is 4.26. The molecule has 0 aliphatic heterocycles. The van der Waals surface area contributed by atoms with E-state index in [0.29, 0.717) is 4.83 Å². The van der Waals surface area contributed by atoms with Crippen LogP contribution in [0.4, 0.5) is 0 Å².